The van der Waals surface area contributed by atoms with E-state index in [1.165, 1.54) is 17.8 Å². The van der Waals surface area contributed by atoms with Gasteiger partial charge in [0.05, 0.1) is 17.5 Å². The van der Waals surface area contributed by atoms with E-state index >= 15 is 0 Å². The average molecular weight is 354 g/mol. The Labute approximate surface area is 151 Å². The number of likely N-dealkylation sites (tertiary alicyclic amines) is 1. The van der Waals surface area contributed by atoms with Crippen molar-refractivity contribution in [2.45, 2.75) is 20.3 Å². The average Bonchev–Trinajstić information content (AvgIpc) is 3.00. The number of aromatic nitrogens is 1. The van der Waals surface area contributed by atoms with Gasteiger partial charge in [-0.1, -0.05) is 13.8 Å². The fourth-order valence-corrected chi connectivity index (χ4v) is 4.81. The van der Waals surface area contributed by atoms with Crippen molar-refractivity contribution in [3.8, 4) is 5.75 Å². The monoisotopic (exact) mass is 354 g/mol. The fourth-order valence-electron chi connectivity index (χ4n) is 3.82. The van der Waals surface area contributed by atoms with E-state index in [2.05, 4.69) is 19.9 Å². The van der Waals surface area contributed by atoms with Crippen molar-refractivity contribution in [2.75, 3.05) is 20.2 Å². The van der Waals surface area contributed by atoms with Crippen molar-refractivity contribution in [2.24, 2.45) is 11.8 Å². The lowest BCUT2D eigenvalue weighted by Gasteiger charge is -2.34. The molecule has 0 saturated carbocycles. The van der Waals surface area contributed by atoms with Crippen LogP contribution in [0.1, 0.15) is 29.9 Å². The molecule has 1 amide bonds. The molecule has 1 aliphatic rings. The molecule has 0 spiro atoms. The maximum Gasteiger partial charge on any atom is 0.264 e. The molecule has 3 heterocycles. The number of nitrogens with zero attached hydrogens (tertiary/aromatic N) is 2. The number of pyridine rings is 1. The summed E-state index contributed by atoms with van der Waals surface area (Å²) in [6.07, 6.45) is 1.20. The van der Waals surface area contributed by atoms with Crippen LogP contribution in [0.4, 0.5) is 0 Å². The van der Waals surface area contributed by atoms with Crippen LogP contribution in [0.5, 0.6) is 5.75 Å². The summed E-state index contributed by atoms with van der Waals surface area (Å²) in [7, 11) is 1.65. The number of carbonyl (C=O) groups is 1. The van der Waals surface area contributed by atoms with Crippen LogP contribution in [0, 0.1) is 11.8 Å². The van der Waals surface area contributed by atoms with Crippen LogP contribution in [0.25, 0.3) is 21.1 Å². The number of rotatable bonds is 2. The molecule has 1 saturated heterocycles. The number of carbonyl (C=O) groups excluding carboxylic acids is 1. The number of piperidine rings is 1. The Hall–Kier alpha value is -2.14. The lowest BCUT2D eigenvalue weighted by atomic mass is 9.92. The van der Waals surface area contributed by atoms with Crippen LogP contribution in [0.3, 0.4) is 0 Å². The number of ether oxygens (including phenoxy) is 1. The van der Waals surface area contributed by atoms with E-state index in [0.29, 0.717) is 11.8 Å². The number of amides is 1. The summed E-state index contributed by atoms with van der Waals surface area (Å²) in [5.74, 6) is 2.07. The second kappa shape index (κ2) is 6.30. The summed E-state index contributed by atoms with van der Waals surface area (Å²) < 4.78 is 5.28. The van der Waals surface area contributed by atoms with Crippen molar-refractivity contribution >= 4 is 38.4 Å². The van der Waals surface area contributed by atoms with E-state index in [4.69, 9.17) is 9.72 Å². The van der Waals surface area contributed by atoms with Gasteiger partial charge in [-0.15, -0.1) is 11.3 Å². The third kappa shape index (κ3) is 3.09. The van der Waals surface area contributed by atoms with Gasteiger partial charge in [0.15, 0.2) is 0 Å². The SMILES string of the molecule is COc1ccc2cc3cc(C(=O)N4C[C@H](C)C[C@H](C)C4)sc3nc2c1. The molecule has 4 rings (SSSR count). The largest absolute Gasteiger partial charge is 0.497 e. The topological polar surface area (TPSA) is 42.4 Å². The molecular weight excluding hydrogens is 332 g/mol. The van der Waals surface area contributed by atoms with Crippen molar-refractivity contribution in [1.29, 1.82) is 0 Å². The molecule has 0 aliphatic carbocycles. The second-order valence-corrected chi connectivity index (χ2v) is 8.24. The highest BCUT2D eigenvalue weighted by Crippen LogP contribution is 2.31. The van der Waals surface area contributed by atoms with Crippen LogP contribution >= 0.6 is 11.3 Å². The summed E-state index contributed by atoms with van der Waals surface area (Å²) in [6, 6.07) is 9.97. The third-order valence-corrected chi connectivity index (χ3v) is 5.91. The Morgan fingerprint density at radius 2 is 1.92 bits per heavy atom. The van der Waals surface area contributed by atoms with Gasteiger partial charge in [-0.2, -0.15) is 0 Å². The van der Waals surface area contributed by atoms with Crippen LogP contribution in [-0.4, -0.2) is 36.0 Å². The van der Waals surface area contributed by atoms with Gasteiger partial charge in [0.25, 0.3) is 5.91 Å². The summed E-state index contributed by atoms with van der Waals surface area (Å²) in [5, 5.41) is 2.09. The van der Waals surface area contributed by atoms with Crippen LogP contribution in [0.2, 0.25) is 0 Å². The summed E-state index contributed by atoms with van der Waals surface area (Å²) >= 11 is 1.49. The third-order valence-electron chi connectivity index (χ3n) is 4.88. The van der Waals surface area contributed by atoms with Crippen LogP contribution in [-0.2, 0) is 0 Å². The Balaban J connectivity index is 1.70. The highest BCUT2D eigenvalue weighted by atomic mass is 32.1. The molecule has 25 heavy (non-hydrogen) atoms. The van der Waals surface area contributed by atoms with Gasteiger partial charge in [0, 0.05) is 29.9 Å². The molecule has 2 atom stereocenters. The van der Waals surface area contributed by atoms with Gasteiger partial charge in [-0.05, 0) is 42.5 Å². The highest BCUT2D eigenvalue weighted by Gasteiger charge is 2.27. The zero-order valence-corrected chi connectivity index (χ0v) is 15.6. The van der Waals surface area contributed by atoms with E-state index in [0.717, 1.165) is 44.8 Å². The van der Waals surface area contributed by atoms with Gasteiger partial charge >= 0.3 is 0 Å². The van der Waals surface area contributed by atoms with Crippen LogP contribution < -0.4 is 4.74 Å². The van der Waals surface area contributed by atoms with Crippen molar-refractivity contribution < 1.29 is 9.53 Å². The van der Waals surface area contributed by atoms with Crippen molar-refractivity contribution in [1.82, 2.24) is 9.88 Å². The predicted octanol–water partition coefficient (Wildman–Crippen LogP) is 4.58. The molecule has 1 aromatic carbocycles. The number of thiophene rings is 1. The maximum absolute atomic E-state index is 12.9. The molecule has 1 fully saturated rings. The molecule has 1 aliphatic heterocycles. The lowest BCUT2D eigenvalue weighted by molar-refractivity contribution is 0.0628. The first kappa shape index (κ1) is 16.3. The van der Waals surface area contributed by atoms with E-state index in [-0.39, 0.29) is 5.91 Å². The maximum atomic E-state index is 12.9. The Kier molecular flexibility index (Phi) is 4.12. The fraction of sp³-hybridized carbons (Fsp3) is 0.400. The van der Waals surface area contributed by atoms with E-state index in [9.17, 15) is 4.79 Å². The Morgan fingerprint density at radius 1 is 1.16 bits per heavy atom. The number of benzene rings is 1. The molecule has 0 radical (unpaired) electrons. The van der Waals surface area contributed by atoms with Gasteiger partial charge in [-0.25, -0.2) is 4.98 Å². The summed E-state index contributed by atoms with van der Waals surface area (Å²) in [5.41, 5.74) is 0.896. The first-order chi connectivity index (χ1) is 12.0. The molecule has 4 nitrogen and oxygen atoms in total. The predicted molar refractivity (Wildman–Crippen MR) is 103 cm³/mol. The molecule has 2 aromatic heterocycles. The highest BCUT2D eigenvalue weighted by molar-refractivity contribution is 7.20. The van der Waals surface area contributed by atoms with E-state index in [1.807, 2.05) is 29.2 Å². The number of hydrogen-bond donors (Lipinski definition) is 0. The molecule has 0 bridgehead atoms. The molecule has 3 aromatic rings. The van der Waals surface area contributed by atoms with Gasteiger partial charge in [0.2, 0.25) is 0 Å². The number of methoxy groups -OCH3 is 1. The minimum atomic E-state index is 0.142. The molecular formula is C20H22N2O2S. The van der Waals surface area contributed by atoms with E-state index in [1.54, 1.807) is 7.11 Å². The summed E-state index contributed by atoms with van der Waals surface area (Å²) in [4.78, 5) is 21.4. The lowest BCUT2D eigenvalue weighted by Crippen LogP contribution is -2.42. The van der Waals surface area contributed by atoms with Crippen molar-refractivity contribution in [3.63, 3.8) is 0 Å². The minimum absolute atomic E-state index is 0.142. The molecule has 0 N–H and O–H groups in total. The first-order valence-electron chi connectivity index (χ1n) is 8.71. The minimum Gasteiger partial charge on any atom is -0.497 e. The van der Waals surface area contributed by atoms with Gasteiger partial charge < -0.3 is 9.64 Å². The summed E-state index contributed by atoms with van der Waals surface area (Å²) in [6.45, 7) is 6.15. The zero-order valence-electron chi connectivity index (χ0n) is 14.8. The normalized spacial score (nSPS) is 21.0. The second-order valence-electron chi connectivity index (χ2n) is 7.21. The van der Waals surface area contributed by atoms with Gasteiger partial charge in [-0.3, -0.25) is 4.79 Å². The van der Waals surface area contributed by atoms with Crippen molar-refractivity contribution in [3.05, 3.63) is 35.2 Å². The molecule has 130 valence electrons. The molecule has 5 heteroatoms. The first-order valence-corrected chi connectivity index (χ1v) is 9.52. The number of hydrogen-bond acceptors (Lipinski definition) is 4. The smallest absolute Gasteiger partial charge is 0.264 e. The quantitative estimate of drug-likeness (QED) is 0.677. The number of fused-ring (bicyclic) bond motifs is 2. The van der Waals surface area contributed by atoms with Crippen LogP contribution in [0.15, 0.2) is 30.3 Å². The standard InChI is InChI=1S/C20H22N2O2S/c1-12-6-13(2)11-22(10-12)20(23)18-8-15-7-14-4-5-16(24-3)9-17(14)21-19(15)25-18/h4-5,7-9,12-13H,6,10-11H2,1-3H3/t12-,13+. The van der Waals surface area contributed by atoms with E-state index < -0.39 is 0 Å². The van der Waals surface area contributed by atoms with Gasteiger partial charge in [0.1, 0.15) is 10.6 Å². The zero-order chi connectivity index (χ0) is 17.6. The Bertz CT molecular complexity index is 939. The Morgan fingerprint density at radius 3 is 2.64 bits per heavy atom. The molecule has 0 unspecified atom stereocenters.